The summed E-state index contributed by atoms with van der Waals surface area (Å²) in [4.78, 5) is 12.4. The molecular weight excluding hydrogens is 280 g/mol. The third-order valence-electron chi connectivity index (χ3n) is 3.88. The molecule has 1 amide bonds. The molecule has 0 aliphatic carbocycles. The minimum absolute atomic E-state index is 0.0766. The fourth-order valence-electron chi connectivity index (χ4n) is 2.56. The molecule has 0 saturated carbocycles. The Hall–Kier alpha value is -2.01. The SMILES string of the molecule is C=CCOc1ccc(C(=O)NC2CCNCC2C)cc1OC. The van der Waals surface area contributed by atoms with E-state index in [4.69, 9.17) is 9.47 Å². The number of carbonyl (C=O) groups is 1. The van der Waals surface area contributed by atoms with Crippen molar-refractivity contribution in [3.05, 3.63) is 36.4 Å². The van der Waals surface area contributed by atoms with Crippen LogP contribution in [0, 0.1) is 5.92 Å². The van der Waals surface area contributed by atoms with Crippen LogP contribution in [0.15, 0.2) is 30.9 Å². The molecule has 1 fully saturated rings. The Bertz CT molecular complexity index is 531. The summed E-state index contributed by atoms with van der Waals surface area (Å²) in [6.45, 7) is 8.02. The van der Waals surface area contributed by atoms with Crippen molar-refractivity contribution in [2.45, 2.75) is 19.4 Å². The molecule has 0 spiro atoms. The van der Waals surface area contributed by atoms with Gasteiger partial charge in [0, 0.05) is 11.6 Å². The van der Waals surface area contributed by atoms with Gasteiger partial charge in [0.2, 0.25) is 0 Å². The largest absolute Gasteiger partial charge is 0.493 e. The number of hydrogen-bond donors (Lipinski definition) is 2. The first-order valence-electron chi connectivity index (χ1n) is 7.59. The van der Waals surface area contributed by atoms with Crippen LogP contribution in [0.3, 0.4) is 0 Å². The first kappa shape index (κ1) is 16.4. The van der Waals surface area contributed by atoms with Gasteiger partial charge in [0.25, 0.3) is 5.91 Å². The predicted octanol–water partition coefficient (Wildman–Crippen LogP) is 1.99. The number of ether oxygens (including phenoxy) is 2. The zero-order chi connectivity index (χ0) is 15.9. The third kappa shape index (κ3) is 4.01. The smallest absolute Gasteiger partial charge is 0.251 e. The Morgan fingerprint density at radius 3 is 3.00 bits per heavy atom. The number of amides is 1. The Balaban J connectivity index is 2.07. The summed E-state index contributed by atoms with van der Waals surface area (Å²) in [5.74, 6) is 1.50. The van der Waals surface area contributed by atoms with Gasteiger partial charge in [0.1, 0.15) is 6.61 Å². The summed E-state index contributed by atoms with van der Waals surface area (Å²) in [5, 5.41) is 6.43. The van der Waals surface area contributed by atoms with Gasteiger partial charge in [0.05, 0.1) is 7.11 Å². The van der Waals surface area contributed by atoms with Crippen LogP contribution < -0.4 is 20.1 Å². The minimum Gasteiger partial charge on any atom is -0.493 e. The zero-order valence-electron chi connectivity index (χ0n) is 13.2. The lowest BCUT2D eigenvalue weighted by Crippen LogP contribution is -2.48. The fraction of sp³-hybridized carbons (Fsp3) is 0.471. The normalized spacial score (nSPS) is 21.0. The van der Waals surface area contributed by atoms with Crippen molar-refractivity contribution < 1.29 is 14.3 Å². The van der Waals surface area contributed by atoms with E-state index in [0.717, 1.165) is 19.5 Å². The highest BCUT2D eigenvalue weighted by molar-refractivity contribution is 5.95. The van der Waals surface area contributed by atoms with E-state index in [9.17, 15) is 4.79 Å². The Kier molecular flexibility index (Phi) is 5.83. The number of piperidine rings is 1. The second kappa shape index (κ2) is 7.84. The quantitative estimate of drug-likeness (QED) is 0.789. The van der Waals surface area contributed by atoms with Crippen molar-refractivity contribution in [1.29, 1.82) is 0 Å². The van der Waals surface area contributed by atoms with Crippen LogP contribution in [0.2, 0.25) is 0 Å². The molecule has 1 heterocycles. The fourth-order valence-corrected chi connectivity index (χ4v) is 2.56. The summed E-state index contributed by atoms with van der Waals surface area (Å²) < 4.78 is 10.8. The number of hydrogen-bond acceptors (Lipinski definition) is 4. The van der Waals surface area contributed by atoms with E-state index in [1.165, 1.54) is 0 Å². The molecule has 1 aromatic rings. The van der Waals surface area contributed by atoms with Gasteiger partial charge >= 0.3 is 0 Å². The van der Waals surface area contributed by atoms with Gasteiger partial charge < -0.3 is 20.1 Å². The van der Waals surface area contributed by atoms with Crippen LogP contribution in [0.1, 0.15) is 23.7 Å². The monoisotopic (exact) mass is 304 g/mol. The van der Waals surface area contributed by atoms with E-state index in [-0.39, 0.29) is 11.9 Å². The molecule has 0 bridgehead atoms. The molecule has 5 nitrogen and oxygen atoms in total. The molecule has 2 rings (SSSR count). The molecule has 1 aromatic carbocycles. The molecule has 22 heavy (non-hydrogen) atoms. The molecule has 120 valence electrons. The average molecular weight is 304 g/mol. The van der Waals surface area contributed by atoms with Crippen LogP contribution in [0.25, 0.3) is 0 Å². The van der Waals surface area contributed by atoms with Gasteiger partial charge in [-0.1, -0.05) is 19.6 Å². The van der Waals surface area contributed by atoms with Crippen molar-refractivity contribution in [2.75, 3.05) is 26.8 Å². The molecule has 1 aliphatic rings. The lowest BCUT2D eigenvalue weighted by molar-refractivity contribution is 0.0914. The minimum atomic E-state index is -0.0766. The summed E-state index contributed by atoms with van der Waals surface area (Å²) in [6, 6.07) is 5.42. The Morgan fingerprint density at radius 1 is 1.50 bits per heavy atom. The molecule has 1 saturated heterocycles. The van der Waals surface area contributed by atoms with Crippen molar-refractivity contribution >= 4 is 5.91 Å². The van der Waals surface area contributed by atoms with Crippen LogP contribution >= 0.6 is 0 Å². The number of methoxy groups -OCH3 is 1. The average Bonchev–Trinajstić information content (AvgIpc) is 2.54. The predicted molar refractivity (Wildman–Crippen MR) is 86.6 cm³/mol. The van der Waals surface area contributed by atoms with Crippen molar-refractivity contribution in [2.24, 2.45) is 5.92 Å². The number of nitrogens with one attached hydrogen (secondary N) is 2. The van der Waals surface area contributed by atoms with Crippen LogP contribution in [0.4, 0.5) is 0 Å². The molecule has 1 aliphatic heterocycles. The van der Waals surface area contributed by atoms with E-state index in [2.05, 4.69) is 24.1 Å². The lowest BCUT2D eigenvalue weighted by atomic mass is 9.95. The number of benzene rings is 1. The lowest BCUT2D eigenvalue weighted by Gasteiger charge is -2.30. The van der Waals surface area contributed by atoms with Crippen molar-refractivity contribution in [3.63, 3.8) is 0 Å². The first-order chi connectivity index (χ1) is 10.7. The van der Waals surface area contributed by atoms with Crippen molar-refractivity contribution in [1.82, 2.24) is 10.6 Å². The molecular formula is C17H24N2O3. The third-order valence-corrected chi connectivity index (χ3v) is 3.88. The van der Waals surface area contributed by atoms with Crippen molar-refractivity contribution in [3.8, 4) is 11.5 Å². The second-order valence-corrected chi connectivity index (χ2v) is 5.52. The number of carbonyl (C=O) groups excluding carboxylic acids is 1. The molecule has 2 atom stereocenters. The maximum absolute atomic E-state index is 12.4. The molecule has 2 N–H and O–H groups in total. The Morgan fingerprint density at radius 2 is 2.32 bits per heavy atom. The van der Waals surface area contributed by atoms with E-state index < -0.39 is 0 Å². The van der Waals surface area contributed by atoms with Gasteiger partial charge in [0.15, 0.2) is 11.5 Å². The van der Waals surface area contributed by atoms with E-state index in [0.29, 0.717) is 29.6 Å². The molecule has 5 heteroatoms. The van der Waals surface area contributed by atoms with Gasteiger partial charge in [-0.05, 0) is 43.6 Å². The highest BCUT2D eigenvalue weighted by Crippen LogP contribution is 2.28. The molecule has 0 aromatic heterocycles. The summed E-state index contributed by atoms with van der Waals surface area (Å²) >= 11 is 0. The van der Waals surface area contributed by atoms with E-state index in [1.54, 1.807) is 31.4 Å². The second-order valence-electron chi connectivity index (χ2n) is 5.52. The summed E-state index contributed by atoms with van der Waals surface area (Å²) in [6.07, 6.45) is 2.61. The standard InChI is InChI=1S/C17H24N2O3/c1-4-9-22-15-6-5-13(10-16(15)21-3)17(20)19-14-7-8-18-11-12(14)2/h4-6,10,12,14,18H,1,7-9,11H2,2-3H3,(H,19,20). The topological polar surface area (TPSA) is 59.6 Å². The maximum Gasteiger partial charge on any atom is 0.251 e. The van der Waals surface area contributed by atoms with Crippen LogP contribution in [-0.4, -0.2) is 38.8 Å². The van der Waals surface area contributed by atoms with E-state index in [1.807, 2.05) is 0 Å². The first-order valence-corrected chi connectivity index (χ1v) is 7.59. The van der Waals surface area contributed by atoms with Crippen LogP contribution in [-0.2, 0) is 0 Å². The number of rotatable bonds is 6. The van der Waals surface area contributed by atoms with Gasteiger partial charge in [-0.15, -0.1) is 0 Å². The Labute approximate surface area is 131 Å². The zero-order valence-corrected chi connectivity index (χ0v) is 13.2. The highest BCUT2D eigenvalue weighted by atomic mass is 16.5. The maximum atomic E-state index is 12.4. The van der Waals surface area contributed by atoms with Gasteiger partial charge in [-0.3, -0.25) is 4.79 Å². The molecule has 0 radical (unpaired) electrons. The summed E-state index contributed by atoms with van der Waals surface area (Å²) in [5.41, 5.74) is 0.577. The summed E-state index contributed by atoms with van der Waals surface area (Å²) in [7, 11) is 1.56. The van der Waals surface area contributed by atoms with Gasteiger partial charge in [-0.2, -0.15) is 0 Å². The highest BCUT2D eigenvalue weighted by Gasteiger charge is 2.23. The van der Waals surface area contributed by atoms with E-state index >= 15 is 0 Å². The van der Waals surface area contributed by atoms with Crippen LogP contribution in [0.5, 0.6) is 11.5 Å². The van der Waals surface area contributed by atoms with Gasteiger partial charge in [-0.25, -0.2) is 0 Å². The molecule has 2 unspecified atom stereocenters.